The van der Waals surface area contributed by atoms with E-state index in [4.69, 9.17) is 4.74 Å². The summed E-state index contributed by atoms with van der Waals surface area (Å²) in [5.74, 6) is -0.237. The number of carbonyl (C=O) groups excluding carboxylic acids is 2. The van der Waals surface area contributed by atoms with Crippen molar-refractivity contribution in [2.24, 2.45) is 11.8 Å². The number of amides is 2. The summed E-state index contributed by atoms with van der Waals surface area (Å²) in [5, 5.41) is 0. The van der Waals surface area contributed by atoms with Crippen LogP contribution in [0, 0.1) is 11.8 Å². The minimum absolute atomic E-state index is 0.0745. The minimum Gasteiger partial charge on any atom is -0.494 e. The van der Waals surface area contributed by atoms with Crippen molar-refractivity contribution in [1.29, 1.82) is 0 Å². The number of ether oxygens (including phenoxy) is 1. The van der Waals surface area contributed by atoms with E-state index in [1.54, 1.807) is 0 Å². The standard InChI is InChI=1S/C30H29NO3/c1-2-3-4-9-18-34-20-16-14-19(15-17-20)31-29(32)27-25-21-10-5-6-11-22(21)26(28(27)30(31)33)24-13-8-7-12-23(24)25/h5-8,10-17,25-28H,2-4,9,18H2,1H3/t25?,26?,27-,28-/m0/s1. The van der Waals surface area contributed by atoms with Gasteiger partial charge in [-0.15, -0.1) is 0 Å². The highest BCUT2D eigenvalue weighted by Crippen LogP contribution is 2.61. The fraction of sp³-hybridized carbons (Fsp3) is 0.333. The average molecular weight is 452 g/mol. The Hall–Kier alpha value is -3.40. The van der Waals surface area contributed by atoms with Crippen molar-refractivity contribution in [1.82, 2.24) is 0 Å². The molecule has 2 atom stereocenters. The van der Waals surface area contributed by atoms with Crippen molar-refractivity contribution in [3.8, 4) is 5.75 Å². The molecule has 3 aromatic carbocycles. The van der Waals surface area contributed by atoms with Crippen LogP contribution in [0.2, 0.25) is 0 Å². The van der Waals surface area contributed by atoms with Crippen LogP contribution in [0.25, 0.3) is 0 Å². The number of rotatable bonds is 7. The van der Waals surface area contributed by atoms with Crippen molar-refractivity contribution in [3.05, 3.63) is 95.1 Å². The van der Waals surface area contributed by atoms with Gasteiger partial charge in [-0.1, -0.05) is 74.7 Å². The molecule has 172 valence electrons. The molecule has 1 fully saturated rings. The van der Waals surface area contributed by atoms with Crippen LogP contribution in [0.3, 0.4) is 0 Å². The lowest BCUT2D eigenvalue weighted by molar-refractivity contribution is -0.122. The van der Waals surface area contributed by atoms with Crippen molar-refractivity contribution in [3.63, 3.8) is 0 Å². The third-order valence-corrected chi connectivity index (χ3v) is 7.81. The van der Waals surface area contributed by atoms with Gasteiger partial charge in [-0.05, 0) is 52.9 Å². The number of anilines is 1. The molecular formula is C30H29NO3. The van der Waals surface area contributed by atoms with Gasteiger partial charge in [0.2, 0.25) is 11.8 Å². The molecule has 0 unspecified atom stereocenters. The summed E-state index contributed by atoms with van der Waals surface area (Å²) >= 11 is 0. The smallest absolute Gasteiger partial charge is 0.238 e. The van der Waals surface area contributed by atoms with Crippen LogP contribution in [0.5, 0.6) is 5.75 Å². The topological polar surface area (TPSA) is 46.6 Å². The molecule has 3 aromatic rings. The summed E-state index contributed by atoms with van der Waals surface area (Å²) in [6.45, 7) is 2.88. The van der Waals surface area contributed by atoms with Gasteiger partial charge in [0.05, 0.1) is 24.1 Å². The molecule has 2 bridgehead atoms. The van der Waals surface area contributed by atoms with Gasteiger partial charge in [0, 0.05) is 11.8 Å². The number of imide groups is 1. The SMILES string of the molecule is CCCCCCOc1ccc(N2C(=O)[C@H]3C4c5ccccc5C(c5ccccc54)[C@@H]3C2=O)cc1. The van der Waals surface area contributed by atoms with Crippen LogP contribution in [0.4, 0.5) is 5.69 Å². The van der Waals surface area contributed by atoms with E-state index in [0.717, 1.165) is 12.2 Å². The molecule has 0 N–H and O–H groups in total. The predicted molar refractivity (Wildman–Crippen MR) is 132 cm³/mol. The molecule has 4 aliphatic rings. The molecule has 0 spiro atoms. The lowest BCUT2D eigenvalue weighted by Crippen LogP contribution is -2.41. The van der Waals surface area contributed by atoms with Gasteiger partial charge in [0.15, 0.2) is 0 Å². The van der Waals surface area contributed by atoms with Crippen LogP contribution < -0.4 is 9.64 Å². The average Bonchev–Trinajstić information content (AvgIpc) is 3.15. The summed E-state index contributed by atoms with van der Waals surface area (Å²) in [6, 6.07) is 24.1. The van der Waals surface area contributed by atoms with Crippen molar-refractivity contribution in [2.75, 3.05) is 11.5 Å². The molecule has 4 nitrogen and oxygen atoms in total. The van der Waals surface area contributed by atoms with Crippen LogP contribution >= 0.6 is 0 Å². The summed E-state index contributed by atoms with van der Waals surface area (Å²) in [5.41, 5.74) is 5.42. The van der Waals surface area contributed by atoms with E-state index in [1.165, 1.54) is 46.4 Å². The Morgan fingerprint density at radius 1 is 0.676 bits per heavy atom. The van der Waals surface area contributed by atoms with E-state index in [1.807, 2.05) is 48.5 Å². The number of benzene rings is 3. The van der Waals surface area contributed by atoms with Gasteiger partial charge in [0.25, 0.3) is 0 Å². The Bertz CT molecular complexity index is 1130. The zero-order chi connectivity index (χ0) is 23.2. The van der Waals surface area contributed by atoms with Gasteiger partial charge in [-0.2, -0.15) is 0 Å². The normalized spacial score (nSPS) is 24.1. The van der Waals surface area contributed by atoms with Gasteiger partial charge < -0.3 is 4.74 Å². The van der Waals surface area contributed by atoms with Crippen LogP contribution in [-0.2, 0) is 9.59 Å². The predicted octanol–water partition coefficient (Wildman–Crippen LogP) is 6.04. The fourth-order valence-corrected chi connectivity index (χ4v) is 6.34. The first-order valence-electron chi connectivity index (χ1n) is 12.5. The molecule has 0 radical (unpaired) electrons. The Balaban J connectivity index is 1.30. The molecule has 1 aliphatic heterocycles. The molecule has 0 saturated carbocycles. The Morgan fingerprint density at radius 2 is 1.18 bits per heavy atom. The highest BCUT2D eigenvalue weighted by atomic mass is 16.5. The first kappa shape index (κ1) is 21.2. The Labute approximate surface area is 200 Å². The molecular weight excluding hydrogens is 422 g/mol. The zero-order valence-electron chi connectivity index (χ0n) is 19.4. The summed E-state index contributed by atoms with van der Waals surface area (Å²) in [7, 11) is 0. The first-order chi connectivity index (χ1) is 16.7. The Morgan fingerprint density at radius 3 is 1.65 bits per heavy atom. The Kier molecular flexibility index (Phi) is 5.24. The highest BCUT2D eigenvalue weighted by molar-refractivity contribution is 6.23. The lowest BCUT2D eigenvalue weighted by Gasteiger charge is -2.45. The van der Waals surface area contributed by atoms with Crippen molar-refractivity contribution >= 4 is 17.5 Å². The quantitative estimate of drug-likeness (QED) is 0.325. The number of hydrogen-bond donors (Lipinski definition) is 0. The van der Waals surface area contributed by atoms with E-state index in [2.05, 4.69) is 31.2 Å². The second kappa shape index (κ2) is 8.43. The largest absolute Gasteiger partial charge is 0.494 e. The first-order valence-corrected chi connectivity index (χ1v) is 12.5. The molecule has 1 saturated heterocycles. The summed E-state index contributed by atoms with van der Waals surface area (Å²) in [4.78, 5) is 29.0. The van der Waals surface area contributed by atoms with Crippen molar-refractivity contribution in [2.45, 2.75) is 44.4 Å². The van der Waals surface area contributed by atoms with E-state index in [9.17, 15) is 9.59 Å². The maximum absolute atomic E-state index is 13.8. The maximum atomic E-state index is 13.8. The molecule has 3 aliphatic carbocycles. The third-order valence-electron chi connectivity index (χ3n) is 7.81. The molecule has 0 aromatic heterocycles. The van der Waals surface area contributed by atoms with Crippen LogP contribution in [0.15, 0.2) is 72.8 Å². The molecule has 34 heavy (non-hydrogen) atoms. The number of carbonyl (C=O) groups is 2. The van der Waals surface area contributed by atoms with Crippen LogP contribution in [-0.4, -0.2) is 18.4 Å². The fourth-order valence-electron chi connectivity index (χ4n) is 6.34. The monoisotopic (exact) mass is 451 g/mol. The van der Waals surface area contributed by atoms with Gasteiger partial charge in [-0.3, -0.25) is 9.59 Å². The van der Waals surface area contributed by atoms with Gasteiger partial charge >= 0.3 is 0 Å². The van der Waals surface area contributed by atoms with E-state index in [0.29, 0.717) is 12.3 Å². The van der Waals surface area contributed by atoms with Gasteiger partial charge in [-0.25, -0.2) is 4.90 Å². The maximum Gasteiger partial charge on any atom is 0.238 e. The lowest BCUT2D eigenvalue weighted by atomic mass is 9.55. The van der Waals surface area contributed by atoms with E-state index in [-0.39, 0.29) is 35.5 Å². The van der Waals surface area contributed by atoms with Crippen LogP contribution in [0.1, 0.15) is 66.7 Å². The second-order valence-electron chi connectivity index (χ2n) is 9.68. The number of nitrogens with zero attached hydrogens (tertiary/aromatic N) is 1. The minimum atomic E-state index is -0.350. The molecule has 2 amide bonds. The van der Waals surface area contributed by atoms with Crippen molar-refractivity contribution < 1.29 is 14.3 Å². The third kappa shape index (κ3) is 3.12. The van der Waals surface area contributed by atoms with E-state index >= 15 is 0 Å². The van der Waals surface area contributed by atoms with E-state index < -0.39 is 0 Å². The van der Waals surface area contributed by atoms with Gasteiger partial charge in [0.1, 0.15) is 5.75 Å². The molecule has 7 rings (SSSR count). The zero-order valence-corrected chi connectivity index (χ0v) is 19.4. The number of unbranched alkanes of at least 4 members (excludes halogenated alkanes) is 3. The molecule has 1 heterocycles. The highest BCUT2D eigenvalue weighted by Gasteiger charge is 2.61. The number of hydrogen-bond acceptors (Lipinski definition) is 3. The summed E-state index contributed by atoms with van der Waals surface area (Å²) in [6.07, 6.45) is 4.62. The second-order valence-corrected chi connectivity index (χ2v) is 9.68. The molecule has 4 heteroatoms. The summed E-state index contributed by atoms with van der Waals surface area (Å²) < 4.78 is 5.86.